The molecule has 0 aromatic heterocycles. The van der Waals surface area contributed by atoms with Gasteiger partial charge in [0.25, 0.3) is 5.91 Å². The molecule has 2 aromatic carbocycles. The van der Waals surface area contributed by atoms with Gasteiger partial charge in [-0.2, -0.15) is 0 Å². The van der Waals surface area contributed by atoms with Crippen molar-refractivity contribution in [1.82, 2.24) is 5.32 Å². The highest BCUT2D eigenvalue weighted by atomic mass is 16.6. The molecule has 0 heterocycles. The Bertz CT molecular complexity index is 754. The third-order valence-corrected chi connectivity index (χ3v) is 3.52. The number of nitrogens with one attached hydrogen (secondary N) is 1. The maximum Gasteiger partial charge on any atom is 0.337 e. The summed E-state index contributed by atoms with van der Waals surface area (Å²) in [7, 11) is 1.33. The van der Waals surface area contributed by atoms with Gasteiger partial charge in [0.15, 0.2) is 6.61 Å². The highest BCUT2D eigenvalue weighted by molar-refractivity contribution is 5.89. The molecular weight excluding hydrogens is 320 g/mol. The van der Waals surface area contributed by atoms with Crippen LogP contribution in [0.25, 0.3) is 0 Å². The van der Waals surface area contributed by atoms with Crippen LogP contribution in [0.15, 0.2) is 53.7 Å². The Morgan fingerprint density at radius 2 is 1.84 bits per heavy atom. The lowest BCUT2D eigenvalue weighted by molar-refractivity contribution is -0.125. The van der Waals surface area contributed by atoms with Gasteiger partial charge in [-0.3, -0.25) is 4.79 Å². The second-order valence-corrected chi connectivity index (χ2v) is 5.33. The van der Waals surface area contributed by atoms with Crippen LogP contribution in [-0.2, 0) is 20.9 Å². The fraction of sp³-hybridized carbons (Fsp3) is 0.211. The van der Waals surface area contributed by atoms with Gasteiger partial charge in [-0.15, -0.1) is 0 Å². The van der Waals surface area contributed by atoms with Crippen LogP contribution in [0.2, 0.25) is 0 Å². The molecule has 0 fully saturated rings. The molecule has 0 saturated heterocycles. The number of amides is 1. The maximum absolute atomic E-state index is 11.7. The second-order valence-electron chi connectivity index (χ2n) is 5.33. The van der Waals surface area contributed by atoms with Gasteiger partial charge in [0.1, 0.15) is 0 Å². The highest BCUT2D eigenvalue weighted by Crippen LogP contribution is 2.06. The van der Waals surface area contributed by atoms with Gasteiger partial charge in [-0.05, 0) is 35.7 Å². The molecule has 130 valence electrons. The Balaban J connectivity index is 1.74. The minimum absolute atomic E-state index is 0.164. The number of carbonyl (C=O) groups is 2. The number of aryl methyl sites for hydroxylation is 1. The van der Waals surface area contributed by atoms with Crippen molar-refractivity contribution in [2.45, 2.75) is 13.5 Å². The summed E-state index contributed by atoms with van der Waals surface area (Å²) in [6, 6.07) is 14.5. The zero-order valence-electron chi connectivity index (χ0n) is 14.2. The molecule has 25 heavy (non-hydrogen) atoms. The molecule has 0 aliphatic carbocycles. The van der Waals surface area contributed by atoms with E-state index in [9.17, 15) is 9.59 Å². The first-order valence-corrected chi connectivity index (χ1v) is 7.75. The predicted molar refractivity (Wildman–Crippen MR) is 94.4 cm³/mol. The van der Waals surface area contributed by atoms with Crippen LogP contribution in [0.1, 0.15) is 27.0 Å². The van der Waals surface area contributed by atoms with Crippen LogP contribution in [0.3, 0.4) is 0 Å². The molecular formula is C19H20N2O4. The lowest BCUT2D eigenvalue weighted by Crippen LogP contribution is -2.26. The fourth-order valence-corrected chi connectivity index (χ4v) is 2.05. The smallest absolute Gasteiger partial charge is 0.337 e. The normalized spacial score (nSPS) is 10.5. The van der Waals surface area contributed by atoms with E-state index in [0.29, 0.717) is 12.1 Å². The summed E-state index contributed by atoms with van der Waals surface area (Å²) in [5.41, 5.74) is 3.35. The van der Waals surface area contributed by atoms with E-state index in [1.165, 1.54) is 7.11 Å². The third-order valence-electron chi connectivity index (χ3n) is 3.52. The van der Waals surface area contributed by atoms with E-state index in [1.54, 1.807) is 30.5 Å². The Morgan fingerprint density at radius 3 is 2.52 bits per heavy atom. The number of benzene rings is 2. The summed E-state index contributed by atoms with van der Waals surface area (Å²) in [4.78, 5) is 28.1. The predicted octanol–water partition coefficient (Wildman–Crippen LogP) is 2.45. The Morgan fingerprint density at radius 1 is 1.12 bits per heavy atom. The number of nitrogens with zero attached hydrogens (tertiary/aromatic N) is 1. The van der Waals surface area contributed by atoms with Gasteiger partial charge in [0.2, 0.25) is 0 Å². The topological polar surface area (TPSA) is 77.0 Å². The maximum atomic E-state index is 11.7. The van der Waals surface area contributed by atoms with E-state index >= 15 is 0 Å². The molecule has 0 unspecified atom stereocenters. The van der Waals surface area contributed by atoms with Crippen molar-refractivity contribution in [3.8, 4) is 0 Å². The quantitative estimate of drug-likeness (QED) is 0.477. The largest absolute Gasteiger partial charge is 0.465 e. The van der Waals surface area contributed by atoms with Crippen LogP contribution >= 0.6 is 0 Å². The molecule has 2 rings (SSSR count). The van der Waals surface area contributed by atoms with E-state index < -0.39 is 5.97 Å². The fourth-order valence-electron chi connectivity index (χ4n) is 2.05. The van der Waals surface area contributed by atoms with E-state index in [-0.39, 0.29) is 12.5 Å². The molecule has 2 aromatic rings. The van der Waals surface area contributed by atoms with E-state index in [1.807, 2.05) is 31.2 Å². The molecule has 6 heteroatoms. The average molecular weight is 340 g/mol. The zero-order chi connectivity index (χ0) is 18.1. The van der Waals surface area contributed by atoms with Crippen molar-refractivity contribution in [2.75, 3.05) is 13.7 Å². The summed E-state index contributed by atoms with van der Waals surface area (Å²) in [5, 5.41) is 6.52. The van der Waals surface area contributed by atoms with Crippen molar-refractivity contribution in [2.24, 2.45) is 5.16 Å². The van der Waals surface area contributed by atoms with E-state index in [0.717, 1.165) is 16.7 Å². The van der Waals surface area contributed by atoms with Crippen LogP contribution < -0.4 is 5.32 Å². The van der Waals surface area contributed by atoms with Gasteiger partial charge in [0, 0.05) is 6.54 Å². The number of methoxy groups -OCH3 is 1. The first-order valence-electron chi connectivity index (χ1n) is 7.75. The number of ether oxygens (including phenoxy) is 1. The molecule has 6 nitrogen and oxygen atoms in total. The zero-order valence-corrected chi connectivity index (χ0v) is 14.2. The molecule has 0 saturated carbocycles. The highest BCUT2D eigenvalue weighted by Gasteiger charge is 2.05. The molecule has 0 spiro atoms. The molecule has 0 radical (unpaired) electrons. The third kappa shape index (κ3) is 5.76. The lowest BCUT2D eigenvalue weighted by Gasteiger charge is -2.05. The van der Waals surface area contributed by atoms with Crippen molar-refractivity contribution in [1.29, 1.82) is 0 Å². The van der Waals surface area contributed by atoms with Crippen molar-refractivity contribution >= 4 is 18.1 Å². The van der Waals surface area contributed by atoms with E-state index in [2.05, 4.69) is 15.2 Å². The lowest BCUT2D eigenvalue weighted by atomic mass is 10.1. The number of hydrogen-bond acceptors (Lipinski definition) is 5. The Labute approximate surface area is 146 Å². The minimum Gasteiger partial charge on any atom is -0.465 e. The molecule has 0 atom stereocenters. The number of hydrogen-bond donors (Lipinski definition) is 1. The number of esters is 1. The monoisotopic (exact) mass is 340 g/mol. The standard InChI is InChI=1S/C19H20N2O4/c1-14-5-3-4-6-17(14)12-21-25-13-18(22)20-11-15-7-9-16(10-8-15)19(23)24-2/h3-10,12H,11,13H2,1-2H3,(H,20,22)/b21-12-. The average Bonchev–Trinajstić information content (AvgIpc) is 2.64. The number of rotatable bonds is 7. The SMILES string of the molecule is COC(=O)c1ccc(CNC(=O)CO/N=C\c2ccccc2C)cc1. The first kappa shape index (κ1) is 18.2. The van der Waals surface area contributed by atoms with Gasteiger partial charge in [0.05, 0.1) is 18.9 Å². The summed E-state index contributed by atoms with van der Waals surface area (Å²) in [6.07, 6.45) is 1.58. The van der Waals surface area contributed by atoms with Gasteiger partial charge >= 0.3 is 5.97 Å². The first-order chi connectivity index (χ1) is 12.1. The molecule has 0 aliphatic heterocycles. The second kappa shape index (κ2) is 9.22. The van der Waals surface area contributed by atoms with Gasteiger partial charge in [-0.1, -0.05) is 41.6 Å². The van der Waals surface area contributed by atoms with Crippen molar-refractivity contribution < 1.29 is 19.2 Å². The number of oxime groups is 1. The molecule has 1 amide bonds. The van der Waals surface area contributed by atoms with Crippen LogP contribution in [0.5, 0.6) is 0 Å². The summed E-state index contributed by atoms with van der Waals surface area (Å²) in [6.45, 7) is 2.15. The van der Waals surface area contributed by atoms with Gasteiger partial charge in [-0.25, -0.2) is 4.79 Å². The molecule has 1 N–H and O–H groups in total. The summed E-state index contributed by atoms with van der Waals surface area (Å²) >= 11 is 0. The van der Waals surface area contributed by atoms with Crippen LogP contribution in [0, 0.1) is 6.92 Å². The van der Waals surface area contributed by atoms with E-state index in [4.69, 9.17) is 4.84 Å². The van der Waals surface area contributed by atoms with Crippen molar-refractivity contribution in [3.63, 3.8) is 0 Å². The number of carbonyl (C=O) groups excluding carboxylic acids is 2. The summed E-state index contributed by atoms with van der Waals surface area (Å²) in [5.74, 6) is -0.672. The Hall–Kier alpha value is -3.15. The van der Waals surface area contributed by atoms with Gasteiger partial charge < -0.3 is 14.9 Å². The van der Waals surface area contributed by atoms with Crippen LogP contribution in [0.4, 0.5) is 0 Å². The van der Waals surface area contributed by atoms with Crippen molar-refractivity contribution in [3.05, 3.63) is 70.8 Å². The Kier molecular flexibility index (Phi) is 6.71. The molecule has 0 bridgehead atoms. The summed E-state index contributed by atoms with van der Waals surface area (Å²) < 4.78 is 4.63. The molecule has 0 aliphatic rings. The minimum atomic E-state index is -0.393. The van der Waals surface area contributed by atoms with Crippen LogP contribution in [-0.4, -0.2) is 31.8 Å².